The van der Waals surface area contributed by atoms with Crippen molar-refractivity contribution in [2.75, 3.05) is 26.6 Å². The molecule has 0 unspecified atom stereocenters. The maximum Gasteiger partial charge on any atom is 0.637 e. The molecule has 0 saturated carbocycles. The summed E-state index contributed by atoms with van der Waals surface area (Å²) in [5, 5.41) is 58.6. The number of hydrogen-bond acceptors (Lipinski definition) is 13. The van der Waals surface area contributed by atoms with Gasteiger partial charge in [0.1, 0.15) is 19.7 Å². The Balaban J connectivity index is 5.28. The Bertz CT molecular complexity index is 631. The van der Waals surface area contributed by atoms with Gasteiger partial charge in [-0.2, -0.15) is 0 Å². The first kappa shape index (κ1) is 24.8. The number of halogens is 2. The average molecular weight is 438 g/mol. The summed E-state index contributed by atoms with van der Waals surface area (Å²) in [6.45, 7) is -7.51. The van der Waals surface area contributed by atoms with E-state index in [0.29, 0.717) is 0 Å². The van der Waals surface area contributed by atoms with Gasteiger partial charge >= 0.3 is 11.8 Å². The van der Waals surface area contributed by atoms with Crippen molar-refractivity contribution in [1.82, 2.24) is 10.0 Å². The molecule has 0 rings (SSSR count). The second kappa shape index (κ2) is 9.15. The molecule has 0 aromatic carbocycles. The van der Waals surface area contributed by atoms with Crippen molar-refractivity contribution in [1.29, 1.82) is 0 Å². The van der Waals surface area contributed by atoms with Crippen LogP contribution >= 0.6 is 0 Å². The Morgan fingerprint density at radius 2 is 0.862 bits per heavy atom. The highest BCUT2D eigenvalue weighted by molar-refractivity contribution is 4.57. The maximum atomic E-state index is 13.6. The monoisotopic (exact) mass is 438 g/mol. The smallest absolute Gasteiger partial charge is 0.329 e. The molecule has 0 aromatic heterocycles. The maximum absolute atomic E-state index is 13.6. The number of hydrazine groups is 2. The molecule has 0 heterocycles. The molecule has 164 valence electrons. The SMILES string of the molecule is O=[N+]([O-])N(COCN(CC(F)([N+](=O)[O-])[N+](=O)[O-])[N+](=O)[O-])CC(F)([N+](=O)[O-])[N+](=O)[O-]. The quantitative estimate of drug-likeness (QED) is 0.126. The van der Waals surface area contributed by atoms with Gasteiger partial charge < -0.3 is 4.74 Å². The molecular formula is C6H8F2N8O13. The highest BCUT2D eigenvalue weighted by Gasteiger charge is 2.63. The lowest BCUT2D eigenvalue weighted by Gasteiger charge is -2.18. The van der Waals surface area contributed by atoms with E-state index >= 15 is 0 Å². The zero-order chi connectivity index (χ0) is 23.2. The third kappa shape index (κ3) is 5.91. The number of hydrogen-bond donors (Lipinski definition) is 0. The van der Waals surface area contributed by atoms with Crippen LogP contribution in [-0.2, 0) is 4.74 Å². The van der Waals surface area contributed by atoms with Crippen molar-refractivity contribution < 1.29 is 43.3 Å². The van der Waals surface area contributed by atoms with E-state index in [1.807, 2.05) is 0 Å². The molecule has 0 aliphatic heterocycles. The average Bonchev–Trinajstić information content (AvgIpc) is 2.58. The standard InChI is InChI=1S/C6H8F2N8O13/c7-5(11(17)18,12(19)20)1-9(15(25)26)3-29-4-10(16(27)28)2-6(8,13(21)22)14(23)24/h1-4H2. The van der Waals surface area contributed by atoms with Gasteiger partial charge in [0.2, 0.25) is 0 Å². The highest BCUT2D eigenvalue weighted by Crippen LogP contribution is 2.17. The summed E-state index contributed by atoms with van der Waals surface area (Å²) in [4.78, 5) is 54.6. The molecule has 0 saturated heterocycles. The third-order valence-corrected chi connectivity index (χ3v) is 2.83. The van der Waals surface area contributed by atoms with Gasteiger partial charge in [-0.05, 0) is 0 Å². The fourth-order valence-corrected chi connectivity index (χ4v) is 1.38. The van der Waals surface area contributed by atoms with Gasteiger partial charge in [0.25, 0.3) is 13.1 Å². The predicted octanol–water partition coefficient (Wildman–Crippen LogP) is -1.74. The highest BCUT2D eigenvalue weighted by atomic mass is 19.2. The summed E-state index contributed by atoms with van der Waals surface area (Å²) in [6.07, 6.45) is 0. The minimum atomic E-state index is -4.58. The van der Waals surface area contributed by atoms with Crippen LogP contribution < -0.4 is 0 Å². The van der Waals surface area contributed by atoms with Crippen molar-refractivity contribution in [3.63, 3.8) is 0 Å². The van der Waals surface area contributed by atoms with Gasteiger partial charge in [-0.3, -0.25) is 40.5 Å². The number of nitro groups is 6. The predicted molar refractivity (Wildman–Crippen MR) is 73.9 cm³/mol. The van der Waals surface area contributed by atoms with E-state index in [1.165, 1.54) is 0 Å². The molecule has 0 aliphatic carbocycles. The third-order valence-electron chi connectivity index (χ3n) is 2.83. The van der Waals surface area contributed by atoms with Crippen molar-refractivity contribution in [2.24, 2.45) is 0 Å². The summed E-state index contributed by atoms with van der Waals surface area (Å²) >= 11 is 0. The lowest BCUT2D eigenvalue weighted by Crippen LogP contribution is -2.54. The largest absolute Gasteiger partial charge is 0.637 e. The van der Waals surface area contributed by atoms with Gasteiger partial charge in [0.15, 0.2) is 23.5 Å². The van der Waals surface area contributed by atoms with E-state index in [1.54, 1.807) is 0 Å². The fourth-order valence-electron chi connectivity index (χ4n) is 1.38. The molecule has 0 atom stereocenters. The molecule has 0 N–H and O–H groups in total. The van der Waals surface area contributed by atoms with Gasteiger partial charge in [-0.25, -0.2) is 20.2 Å². The fraction of sp³-hybridized carbons (Fsp3) is 1.00. The summed E-state index contributed by atoms with van der Waals surface area (Å²) in [7, 11) is 0. The van der Waals surface area contributed by atoms with Crippen LogP contribution in [0.4, 0.5) is 8.78 Å². The van der Waals surface area contributed by atoms with Crippen LogP contribution in [0, 0.1) is 60.7 Å². The molecule has 0 bridgehead atoms. The molecule has 0 amide bonds. The van der Waals surface area contributed by atoms with Crippen LogP contribution in [0.3, 0.4) is 0 Å². The Morgan fingerprint density at radius 1 is 0.621 bits per heavy atom. The zero-order valence-corrected chi connectivity index (χ0v) is 13.5. The van der Waals surface area contributed by atoms with E-state index < -0.39 is 78.2 Å². The molecule has 0 radical (unpaired) electrons. The van der Waals surface area contributed by atoms with Gasteiger partial charge in [-0.15, -0.1) is 0 Å². The first-order valence-corrected chi connectivity index (χ1v) is 6.41. The topological polar surface area (TPSA) is 275 Å². The van der Waals surface area contributed by atoms with Gasteiger partial charge in [0, 0.05) is 0 Å². The molecule has 21 nitrogen and oxygen atoms in total. The van der Waals surface area contributed by atoms with Gasteiger partial charge in [-0.1, -0.05) is 18.8 Å². The minimum Gasteiger partial charge on any atom is -0.329 e. The Kier molecular flexibility index (Phi) is 7.83. The van der Waals surface area contributed by atoms with Crippen LogP contribution in [0.5, 0.6) is 0 Å². The molecule has 23 heteroatoms. The van der Waals surface area contributed by atoms with Crippen LogP contribution in [0.1, 0.15) is 0 Å². The van der Waals surface area contributed by atoms with Crippen LogP contribution in [0.2, 0.25) is 0 Å². The molecule has 29 heavy (non-hydrogen) atoms. The Morgan fingerprint density at radius 3 is 1.03 bits per heavy atom. The molecular weight excluding hydrogens is 430 g/mol. The normalized spacial score (nSPS) is 11.4. The number of alkyl halides is 2. The van der Waals surface area contributed by atoms with E-state index in [0.717, 1.165) is 0 Å². The van der Waals surface area contributed by atoms with Crippen molar-refractivity contribution in [3.05, 3.63) is 60.7 Å². The van der Waals surface area contributed by atoms with E-state index in [-0.39, 0.29) is 0 Å². The molecule has 0 aliphatic rings. The minimum absolute atomic E-state index is 0.604. The lowest BCUT2D eigenvalue weighted by atomic mass is 10.4. The molecule has 0 fully saturated rings. The first-order chi connectivity index (χ1) is 13.1. The second-order valence-electron chi connectivity index (χ2n) is 4.73. The van der Waals surface area contributed by atoms with Crippen molar-refractivity contribution in [2.45, 2.75) is 11.8 Å². The summed E-state index contributed by atoms with van der Waals surface area (Å²) in [5.74, 6) is -9.16. The van der Waals surface area contributed by atoms with E-state index in [9.17, 15) is 69.5 Å². The second-order valence-corrected chi connectivity index (χ2v) is 4.73. The van der Waals surface area contributed by atoms with Crippen LogP contribution in [0.25, 0.3) is 0 Å². The number of nitrogens with zero attached hydrogens (tertiary/aromatic N) is 8. The summed E-state index contributed by atoms with van der Waals surface area (Å²) in [6, 6.07) is 0. The van der Waals surface area contributed by atoms with E-state index in [4.69, 9.17) is 0 Å². The lowest BCUT2D eigenvalue weighted by molar-refractivity contribution is -0.843. The summed E-state index contributed by atoms with van der Waals surface area (Å²) < 4.78 is 31.5. The Hall–Kier alpha value is -4.18. The van der Waals surface area contributed by atoms with Crippen LogP contribution in [0.15, 0.2) is 0 Å². The molecule has 0 aromatic rings. The molecule has 0 spiro atoms. The number of ether oxygens (including phenoxy) is 1. The van der Waals surface area contributed by atoms with Crippen LogP contribution in [-0.4, -0.2) is 78.2 Å². The van der Waals surface area contributed by atoms with Crippen molar-refractivity contribution >= 4 is 0 Å². The van der Waals surface area contributed by atoms with Crippen molar-refractivity contribution in [3.8, 4) is 0 Å². The number of rotatable bonds is 14. The summed E-state index contributed by atoms with van der Waals surface area (Å²) in [5.41, 5.74) is 0. The Labute approximate surface area is 153 Å². The van der Waals surface area contributed by atoms with Gasteiger partial charge in [0.05, 0.1) is 0 Å². The van der Waals surface area contributed by atoms with E-state index in [2.05, 4.69) is 4.74 Å². The zero-order valence-electron chi connectivity index (χ0n) is 13.5. The first-order valence-electron chi connectivity index (χ1n) is 6.41.